The van der Waals surface area contributed by atoms with Crippen molar-refractivity contribution in [1.82, 2.24) is 16.0 Å². The van der Waals surface area contributed by atoms with Crippen molar-refractivity contribution in [2.75, 3.05) is 46.1 Å². The van der Waals surface area contributed by atoms with E-state index in [0.717, 1.165) is 0 Å². The summed E-state index contributed by atoms with van der Waals surface area (Å²) in [7, 11) is 0. The number of amides is 3. The van der Waals surface area contributed by atoms with Crippen LogP contribution < -0.4 is 16.0 Å². The molecular weight excluding hydrogens is 278 g/mol. The predicted molar refractivity (Wildman–Crippen MR) is 76.6 cm³/mol. The first-order valence-corrected chi connectivity index (χ1v) is 6.93. The zero-order chi connectivity index (χ0) is 15.9. The normalized spacial score (nSPS) is 10.0. The van der Waals surface area contributed by atoms with Crippen molar-refractivity contribution >= 4 is 17.7 Å². The van der Waals surface area contributed by atoms with Gasteiger partial charge in [0.25, 0.3) is 0 Å². The van der Waals surface area contributed by atoms with Crippen LogP contribution in [0.4, 0.5) is 0 Å². The van der Waals surface area contributed by atoms with Crippen LogP contribution in [0.25, 0.3) is 0 Å². The van der Waals surface area contributed by atoms with Gasteiger partial charge in [-0.25, -0.2) is 0 Å². The Morgan fingerprint density at radius 1 is 0.714 bits per heavy atom. The Morgan fingerprint density at radius 2 is 1.24 bits per heavy atom. The van der Waals surface area contributed by atoms with E-state index in [4.69, 9.17) is 9.47 Å². The lowest BCUT2D eigenvalue weighted by Gasteiger charge is -2.07. The maximum atomic E-state index is 11.4. The average Bonchev–Trinajstić information content (AvgIpc) is 2.41. The summed E-state index contributed by atoms with van der Waals surface area (Å²) in [6.07, 6.45) is 0.270. The second-order valence-electron chi connectivity index (χ2n) is 4.29. The maximum Gasteiger partial charge on any atom is 0.222 e. The number of rotatable bonds is 12. The van der Waals surface area contributed by atoms with E-state index in [1.54, 1.807) is 0 Å². The van der Waals surface area contributed by atoms with Gasteiger partial charge in [-0.1, -0.05) is 0 Å². The van der Waals surface area contributed by atoms with E-state index >= 15 is 0 Å². The zero-order valence-corrected chi connectivity index (χ0v) is 12.7. The molecule has 21 heavy (non-hydrogen) atoms. The Balaban J connectivity index is 3.21. The molecule has 0 heterocycles. The summed E-state index contributed by atoms with van der Waals surface area (Å²) in [5, 5.41) is 7.85. The summed E-state index contributed by atoms with van der Waals surface area (Å²) in [6, 6.07) is 0. The second kappa shape index (κ2) is 13.3. The molecule has 0 aliphatic rings. The molecule has 0 spiro atoms. The van der Waals surface area contributed by atoms with Crippen molar-refractivity contribution in [2.45, 2.75) is 20.3 Å². The summed E-state index contributed by atoms with van der Waals surface area (Å²) in [5.74, 6) is -0.322. The van der Waals surface area contributed by atoms with Gasteiger partial charge in [-0.05, 0) is 0 Å². The Morgan fingerprint density at radius 3 is 1.86 bits per heavy atom. The van der Waals surface area contributed by atoms with Crippen molar-refractivity contribution in [3.05, 3.63) is 0 Å². The molecule has 0 aliphatic heterocycles. The number of carbonyl (C=O) groups is 3. The highest BCUT2D eigenvalue weighted by Crippen LogP contribution is 1.84. The van der Waals surface area contributed by atoms with E-state index in [0.29, 0.717) is 46.1 Å². The molecule has 8 heteroatoms. The predicted octanol–water partition coefficient (Wildman–Crippen LogP) is -1.20. The van der Waals surface area contributed by atoms with Gasteiger partial charge in [0.2, 0.25) is 17.7 Å². The summed E-state index contributed by atoms with van der Waals surface area (Å²) >= 11 is 0. The Labute approximate surface area is 124 Å². The Kier molecular flexibility index (Phi) is 12.3. The molecule has 8 nitrogen and oxygen atoms in total. The fourth-order valence-electron chi connectivity index (χ4n) is 1.31. The van der Waals surface area contributed by atoms with E-state index in [-0.39, 0.29) is 24.1 Å². The van der Waals surface area contributed by atoms with Gasteiger partial charge >= 0.3 is 0 Å². The molecular formula is C13H25N3O5. The summed E-state index contributed by atoms with van der Waals surface area (Å²) in [5.41, 5.74) is 0. The van der Waals surface area contributed by atoms with E-state index in [1.165, 1.54) is 13.8 Å². The van der Waals surface area contributed by atoms with Crippen LogP contribution in [-0.2, 0) is 23.9 Å². The molecule has 3 amide bonds. The van der Waals surface area contributed by atoms with Crippen LogP contribution in [0.5, 0.6) is 0 Å². The minimum absolute atomic E-state index is 0.0839. The van der Waals surface area contributed by atoms with E-state index in [1.807, 2.05) is 0 Å². The third kappa shape index (κ3) is 16.3. The van der Waals surface area contributed by atoms with Crippen molar-refractivity contribution < 1.29 is 23.9 Å². The lowest BCUT2D eigenvalue weighted by Crippen LogP contribution is -2.34. The molecule has 0 radical (unpaired) electrons. The average molecular weight is 303 g/mol. The van der Waals surface area contributed by atoms with Crippen LogP contribution in [0.15, 0.2) is 0 Å². The third-order valence-corrected chi connectivity index (χ3v) is 2.29. The van der Waals surface area contributed by atoms with Gasteiger partial charge < -0.3 is 25.4 Å². The van der Waals surface area contributed by atoms with Gasteiger partial charge in [0.15, 0.2) is 0 Å². The molecule has 3 N–H and O–H groups in total. The fraction of sp³-hybridized carbons (Fsp3) is 0.769. The molecule has 0 atom stereocenters. The first-order chi connectivity index (χ1) is 10.0. The minimum atomic E-state index is -0.119. The number of ether oxygens (including phenoxy) is 2. The van der Waals surface area contributed by atoms with Crippen molar-refractivity contribution in [3.63, 3.8) is 0 Å². The highest BCUT2D eigenvalue weighted by atomic mass is 16.5. The quantitative estimate of drug-likeness (QED) is 0.393. The van der Waals surface area contributed by atoms with Crippen LogP contribution in [0.1, 0.15) is 20.3 Å². The van der Waals surface area contributed by atoms with Crippen LogP contribution >= 0.6 is 0 Å². The first kappa shape index (κ1) is 19.3. The minimum Gasteiger partial charge on any atom is -0.379 e. The highest BCUT2D eigenvalue weighted by molar-refractivity contribution is 5.76. The van der Waals surface area contributed by atoms with Crippen LogP contribution in [0.3, 0.4) is 0 Å². The molecule has 0 bridgehead atoms. The number of carbonyl (C=O) groups excluding carboxylic acids is 3. The maximum absolute atomic E-state index is 11.4. The van der Waals surface area contributed by atoms with Gasteiger partial charge in [-0.2, -0.15) is 0 Å². The van der Waals surface area contributed by atoms with Gasteiger partial charge in [0.1, 0.15) is 0 Å². The topological polar surface area (TPSA) is 106 Å². The molecule has 0 aliphatic carbocycles. The smallest absolute Gasteiger partial charge is 0.222 e. The van der Waals surface area contributed by atoms with Crippen LogP contribution in [0, 0.1) is 0 Å². The summed E-state index contributed by atoms with van der Waals surface area (Å²) in [4.78, 5) is 32.5. The Hall–Kier alpha value is -1.67. The van der Waals surface area contributed by atoms with Gasteiger partial charge in [-0.15, -0.1) is 0 Å². The fourth-order valence-corrected chi connectivity index (χ4v) is 1.31. The first-order valence-electron chi connectivity index (χ1n) is 6.93. The lowest BCUT2D eigenvalue weighted by molar-refractivity contribution is -0.123. The second-order valence-corrected chi connectivity index (χ2v) is 4.29. The largest absolute Gasteiger partial charge is 0.379 e. The monoisotopic (exact) mass is 303 g/mol. The molecule has 0 saturated carbocycles. The van der Waals surface area contributed by atoms with Crippen molar-refractivity contribution in [2.24, 2.45) is 0 Å². The van der Waals surface area contributed by atoms with Crippen molar-refractivity contribution in [1.29, 1.82) is 0 Å². The van der Waals surface area contributed by atoms with E-state index in [9.17, 15) is 14.4 Å². The van der Waals surface area contributed by atoms with E-state index < -0.39 is 0 Å². The number of nitrogens with one attached hydrogen (secondary N) is 3. The van der Waals surface area contributed by atoms with E-state index in [2.05, 4.69) is 16.0 Å². The van der Waals surface area contributed by atoms with Gasteiger partial charge in [0, 0.05) is 39.9 Å². The standard InChI is InChI=1S/C13H25N3O5/c1-11(17)14-4-5-16-13(19)3-7-20-9-10-21-8-6-15-12(2)18/h3-10H2,1-2H3,(H,14,17)(H,15,18)(H,16,19). The molecule has 0 aromatic rings. The lowest BCUT2D eigenvalue weighted by atomic mass is 10.4. The third-order valence-electron chi connectivity index (χ3n) is 2.29. The zero-order valence-electron chi connectivity index (χ0n) is 12.7. The van der Waals surface area contributed by atoms with Crippen molar-refractivity contribution in [3.8, 4) is 0 Å². The number of hydrogen-bond donors (Lipinski definition) is 3. The molecule has 0 saturated heterocycles. The van der Waals surface area contributed by atoms with Crippen LogP contribution in [0.2, 0.25) is 0 Å². The number of hydrogen-bond acceptors (Lipinski definition) is 5. The summed E-state index contributed by atoms with van der Waals surface area (Å²) < 4.78 is 10.4. The molecule has 0 rings (SSSR count). The SMILES string of the molecule is CC(=O)NCCNC(=O)CCOCCOCCNC(C)=O. The highest BCUT2D eigenvalue weighted by Gasteiger charge is 2.00. The molecule has 0 aromatic heterocycles. The Bertz CT molecular complexity index is 323. The van der Waals surface area contributed by atoms with Gasteiger partial charge in [0.05, 0.1) is 26.4 Å². The summed E-state index contributed by atoms with van der Waals surface area (Å²) in [6.45, 7) is 5.76. The molecule has 122 valence electrons. The van der Waals surface area contributed by atoms with Crippen LogP contribution in [-0.4, -0.2) is 63.8 Å². The van der Waals surface area contributed by atoms with Gasteiger partial charge in [-0.3, -0.25) is 14.4 Å². The molecule has 0 fully saturated rings. The molecule has 0 unspecified atom stereocenters. The molecule has 0 aromatic carbocycles.